The zero-order valence-electron chi connectivity index (χ0n) is 11.3. The Labute approximate surface area is 117 Å². The monoisotopic (exact) mass is 268 g/mol. The highest BCUT2D eigenvalue weighted by Gasteiger charge is 2.43. The van der Waals surface area contributed by atoms with E-state index in [0.717, 1.165) is 23.7 Å². The number of nitriles is 1. The Hall–Kier alpha value is -2.28. The minimum absolute atomic E-state index is 0.0623. The van der Waals surface area contributed by atoms with Crippen molar-refractivity contribution in [3.63, 3.8) is 0 Å². The number of aromatic nitrogens is 1. The van der Waals surface area contributed by atoms with E-state index < -0.39 is 0 Å². The van der Waals surface area contributed by atoms with Gasteiger partial charge in [-0.05, 0) is 43.4 Å². The van der Waals surface area contributed by atoms with Gasteiger partial charge in [-0.2, -0.15) is 5.26 Å². The van der Waals surface area contributed by atoms with Gasteiger partial charge in [0.05, 0.1) is 18.1 Å². The Bertz CT molecular complexity index is 696. The summed E-state index contributed by atoms with van der Waals surface area (Å²) in [5.74, 6) is 0.376. The van der Waals surface area contributed by atoms with Crippen molar-refractivity contribution in [2.24, 2.45) is 11.8 Å². The molecule has 0 bridgehead atoms. The lowest BCUT2D eigenvalue weighted by atomic mass is 10.0. The van der Waals surface area contributed by atoms with E-state index in [-0.39, 0.29) is 11.9 Å². The zero-order valence-corrected chi connectivity index (χ0v) is 11.3. The molecule has 1 aliphatic rings. The molecule has 4 heteroatoms. The minimum Gasteiger partial charge on any atom is -0.466 e. The van der Waals surface area contributed by atoms with Gasteiger partial charge in [0.1, 0.15) is 6.07 Å². The van der Waals surface area contributed by atoms with Crippen LogP contribution < -0.4 is 0 Å². The maximum absolute atomic E-state index is 11.6. The SMILES string of the molecule is CCOC(=O)C1CC1Cc1ccc2[nH]cc(C#N)c2c1. The van der Waals surface area contributed by atoms with E-state index in [9.17, 15) is 4.79 Å². The van der Waals surface area contributed by atoms with Crippen LogP contribution in [0.25, 0.3) is 10.9 Å². The fraction of sp³-hybridized carbons (Fsp3) is 0.375. The number of aromatic amines is 1. The number of benzene rings is 1. The minimum atomic E-state index is -0.0714. The molecular weight excluding hydrogens is 252 g/mol. The van der Waals surface area contributed by atoms with Crippen molar-refractivity contribution < 1.29 is 9.53 Å². The molecule has 1 saturated carbocycles. The standard InChI is InChI=1S/C16H16N2O2/c1-2-20-16(19)14-7-11(14)5-10-3-4-15-13(6-10)12(8-17)9-18-15/h3-4,6,9,11,14,18H,2,5,7H2,1H3. The summed E-state index contributed by atoms with van der Waals surface area (Å²) >= 11 is 0. The first-order valence-electron chi connectivity index (χ1n) is 6.89. The van der Waals surface area contributed by atoms with E-state index in [2.05, 4.69) is 17.1 Å². The zero-order chi connectivity index (χ0) is 14.1. The second kappa shape index (κ2) is 5.01. The molecule has 2 atom stereocenters. The maximum atomic E-state index is 11.6. The van der Waals surface area contributed by atoms with Crippen LogP contribution in [-0.2, 0) is 16.0 Å². The van der Waals surface area contributed by atoms with Crippen LogP contribution >= 0.6 is 0 Å². The van der Waals surface area contributed by atoms with Gasteiger partial charge in [-0.1, -0.05) is 6.07 Å². The Balaban J connectivity index is 1.73. The topological polar surface area (TPSA) is 65.9 Å². The lowest BCUT2D eigenvalue weighted by Gasteiger charge is -2.02. The molecular formula is C16H16N2O2. The molecule has 1 aromatic carbocycles. The summed E-state index contributed by atoms with van der Waals surface area (Å²) in [4.78, 5) is 14.7. The van der Waals surface area contributed by atoms with Gasteiger partial charge in [0.15, 0.2) is 0 Å². The van der Waals surface area contributed by atoms with E-state index in [4.69, 9.17) is 10.00 Å². The van der Waals surface area contributed by atoms with Crippen molar-refractivity contribution in [2.45, 2.75) is 19.8 Å². The number of nitrogens with one attached hydrogen (secondary N) is 1. The second-order valence-electron chi connectivity index (χ2n) is 5.25. The number of ether oxygens (including phenoxy) is 1. The molecule has 0 radical (unpaired) electrons. The third-order valence-electron chi connectivity index (χ3n) is 3.88. The summed E-state index contributed by atoms with van der Waals surface area (Å²) in [5, 5.41) is 10.0. The van der Waals surface area contributed by atoms with Crippen molar-refractivity contribution in [1.29, 1.82) is 5.26 Å². The molecule has 0 saturated heterocycles. The number of esters is 1. The molecule has 1 heterocycles. The normalized spacial score (nSPS) is 20.6. The number of H-pyrrole nitrogens is 1. The number of hydrogen-bond acceptors (Lipinski definition) is 3. The van der Waals surface area contributed by atoms with Gasteiger partial charge >= 0.3 is 5.97 Å². The quantitative estimate of drug-likeness (QED) is 0.867. The van der Waals surface area contributed by atoms with Crippen LogP contribution in [0.4, 0.5) is 0 Å². The summed E-state index contributed by atoms with van der Waals surface area (Å²) in [6, 6.07) is 8.28. The first kappa shape index (κ1) is 12.7. The van der Waals surface area contributed by atoms with E-state index >= 15 is 0 Å². The second-order valence-corrected chi connectivity index (χ2v) is 5.25. The molecule has 3 rings (SSSR count). The Morgan fingerprint density at radius 3 is 3.15 bits per heavy atom. The van der Waals surface area contributed by atoms with Crippen molar-refractivity contribution in [1.82, 2.24) is 4.98 Å². The van der Waals surface area contributed by atoms with Crippen LogP contribution in [0.15, 0.2) is 24.4 Å². The molecule has 1 fully saturated rings. The molecule has 102 valence electrons. The van der Waals surface area contributed by atoms with Crippen molar-refractivity contribution in [2.75, 3.05) is 6.61 Å². The number of carbonyl (C=O) groups excluding carboxylic acids is 1. The summed E-state index contributed by atoms with van der Waals surface area (Å²) < 4.78 is 5.04. The van der Waals surface area contributed by atoms with Gasteiger partial charge in [0, 0.05) is 17.1 Å². The van der Waals surface area contributed by atoms with Crippen LogP contribution in [-0.4, -0.2) is 17.6 Å². The van der Waals surface area contributed by atoms with Crippen molar-refractivity contribution in [3.8, 4) is 6.07 Å². The van der Waals surface area contributed by atoms with Crippen molar-refractivity contribution in [3.05, 3.63) is 35.5 Å². The average molecular weight is 268 g/mol. The molecule has 1 aromatic heterocycles. The maximum Gasteiger partial charge on any atom is 0.309 e. The molecule has 20 heavy (non-hydrogen) atoms. The third-order valence-corrected chi connectivity index (χ3v) is 3.88. The summed E-state index contributed by atoms with van der Waals surface area (Å²) in [5.41, 5.74) is 2.81. The van der Waals surface area contributed by atoms with Gasteiger partial charge in [0.25, 0.3) is 0 Å². The fourth-order valence-electron chi connectivity index (χ4n) is 2.70. The van der Waals surface area contributed by atoms with Crippen LogP contribution in [0.3, 0.4) is 0 Å². The van der Waals surface area contributed by atoms with Gasteiger partial charge in [-0.25, -0.2) is 0 Å². The van der Waals surface area contributed by atoms with Crippen LogP contribution in [0.1, 0.15) is 24.5 Å². The highest BCUT2D eigenvalue weighted by molar-refractivity contribution is 5.86. The van der Waals surface area contributed by atoms with Gasteiger partial charge < -0.3 is 9.72 Å². The predicted octanol–water partition coefficient (Wildman–Crippen LogP) is 2.78. The number of carbonyl (C=O) groups is 1. The molecule has 1 aliphatic carbocycles. The van der Waals surface area contributed by atoms with E-state index in [1.807, 2.05) is 19.1 Å². The Kier molecular flexibility index (Phi) is 3.19. The largest absolute Gasteiger partial charge is 0.466 e. The lowest BCUT2D eigenvalue weighted by Crippen LogP contribution is -2.08. The Morgan fingerprint density at radius 2 is 2.40 bits per heavy atom. The first-order chi connectivity index (χ1) is 9.72. The molecule has 0 aliphatic heterocycles. The van der Waals surface area contributed by atoms with Gasteiger partial charge in [-0.3, -0.25) is 4.79 Å². The molecule has 2 aromatic rings. The molecule has 2 unspecified atom stereocenters. The van der Waals surface area contributed by atoms with Crippen LogP contribution in [0.2, 0.25) is 0 Å². The van der Waals surface area contributed by atoms with E-state index in [0.29, 0.717) is 18.1 Å². The number of hydrogen-bond donors (Lipinski definition) is 1. The highest BCUT2D eigenvalue weighted by Crippen LogP contribution is 2.42. The first-order valence-corrected chi connectivity index (χ1v) is 6.89. The smallest absolute Gasteiger partial charge is 0.309 e. The lowest BCUT2D eigenvalue weighted by molar-refractivity contribution is -0.145. The fourth-order valence-corrected chi connectivity index (χ4v) is 2.70. The van der Waals surface area contributed by atoms with Crippen LogP contribution in [0, 0.1) is 23.2 Å². The van der Waals surface area contributed by atoms with Crippen LogP contribution in [0.5, 0.6) is 0 Å². The third kappa shape index (κ3) is 2.27. The van der Waals surface area contributed by atoms with Gasteiger partial charge in [-0.15, -0.1) is 0 Å². The summed E-state index contributed by atoms with van der Waals surface area (Å²) in [7, 11) is 0. The summed E-state index contributed by atoms with van der Waals surface area (Å²) in [6.45, 7) is 2.28. The molecule has 1 N–H and O–H groups in total. The number of nitrogens with zero attached hydrogens (tertiary/aromatic N) is 1. The molecule has 0 amide bonds. The molecule has 0 spiro atoms. The van der Waals surface area contributed by atoms with E-state index in [1.54, 1.807) is 6.20 Å². The predicted molar refractivity (Wildman–Crippen MR) is 74.9 cm³/mol. The summed E-state index contributed by atoms with van der Waals surface area (Å²) in [6.07, 6.45) is 3.51. The van der Waals surface area contributed by atoms with Gasteiger partial charge in [0.2, 0.25) is 0 Å². The number of fused-ring (bicyclic) bond motifs is 1. The average Bonchev–Trinajstić information content (AvgIpc) is 3.09. The highest BCUT2D eigenvalue weighted by atomic mass is 16.5. The van der Waals surface area contributed by atoms with E-state index in [1.165, 1.54) is 5.56 Å². The molecule has 4 nitrogen and oxygen atoms in total. The number of rotatable bonds is 4. The van der Waals surface area contributed by atoms with Crippen molar-refractivity contribution >= 4 is 16.9 Å². The Morgan fingerprint density at radius 1 is 1.55 bits per heavy atom.